The van der Waals surface area contributed by atoms with Crippen LogP contribution in [0.4, 0.5) is 0 Å². The van der Waals surface area contributed by atoms with Gasteiger partial charge in [0.25, 0.3) is 0 Å². The molecule has 250 valence electrons. The van der Waals surface area contributed by atoms with Crippen LogP contribution < -0.4 is 16.4 Å². The molecule has 3 amide bonds. The molecule has 0 spiro atoms. The Balaban J connectivity index is 1.41. The Morgan fingerprint density at radius 3 is 2.20 bits per heavy atom. The molecule has 1 aliphatic heterocycles. The number of benzene rings is 1. The van der Waals surface area contributed by atoms with Crippen LogP contribution in [0, 0.1) is 12.3 Å². The van der Waals surface area contributed by atoms with Gasteiger partial charge in [-0.15, -0.1) is 11.3 Å². The molecule has 2 heterocycles. The van der Waals surface area contributed by atoms with Gasteiger partial charge in [-0.2, -0.15) is 0 Å². The van der Waals surface area contributed by atoms with Gasteiger partial charge in [-0.3, -0.25) is 14.4 Å². The van der Waals surface area contributed by atoms with E-state index in [2.05, 4.69) is 15.6 Å². The molecule has 13 heteroatoms. The topological polar surface area (TPSA) is 154 Å². The fourth-order valence-electron chi connectivity index (χ4n) is 4.89. The van der Waals surface area contributed by atoms with Crippen LogP contribution in [0.2, 0.25) is 0 Å². The number of nitrogens with zero attached hydrogens (tertiary/aromatic N) is 2. The van der Waals surface area contributed by atoms with Crippen molar-refractivity contribution in [2.45, 2.75) is 59.2 Å². The summed E-state index contributed by atoms with van der Waals surface area (Å²) < 4.78 is 21.5. The molecule has 1 saturated heterocycles. The maximum absolute atomic E-state index is 13.7. The number of carbonyl (C=O) groups excluding carboxylic acids is 3. The molecule has 45 heavy (non-hydrogen) atoms. The summed E-state index contributed by atoms with van der Waals surface area (Å²) in [5.74, 6) is -0.869. The zero-order valence-corrected chi connectivity index (χ0v) is 27.8. The van der Waals surface area contributed by atoms with Crippen LogP contribution in [0.3, 0.4) is 0 Å². The van der Waals surface area contributed by atoms with Crippen molar-refractivity contribution in [3.8, 4) is 10.4 Å². The highest BCUT2D eigenvalue weighted by Crippen LogP contribution is 2.28. The van der Waals surface area contributed by atoms with Crippen LogP contribution in [0.25, 0.3) is 10.4 Å². The third kappa shape index (κ3) is 12.1. The maximum atomic E-state index is 13.7. The lowest BCUT2D eigenvalue weighted by molar-refractivity contribution is -0.144. The number of nitrogens with two attached hydrogens (primary N) is 1. The first-order chi connectivity index (χ1) is 21.6. The standard InChI is InChI=1S/C32H49N5O7S/c1-23-28(45-22-35-23)25-9-7-24(8-10-25)20-34-30(39)26-6-5-12-37(26)31(40)29(32(2,3)4)36-27(38)21-44-19-18-43-17-16-42-15-14-41-13-11-33/h7-10,22,26,29H,5-6,11-21,33H2,1-4H3,(H,34,39)(H,36,38)/t26-,29+/m0/s1. The monoisotopic (exact) mass is 647 g/mol. The van der Waals surface area contributed by atoms with Crippen LogP contribution in [0.5, 0.6) is 0 Å². The predicted octanol–water partition coefficient (Wildman–Crippen LogP) is 2.28. The second-order valence-corrected chi connectivity index (χ2v) is 12.8. The molecule has 3 rings (SSSR count). The molecular formula is C32H49N5O7S. The minimum absolute atomic E-state index is 0.198. The number of nitrogens with one attached hydrogen (secondary N) is 2. The van der Waals surface area contributed by atoms with Crippen LogP contribution in [0.15, 0.2) is 29.8 Å². The number of aromatic nitrogens is 1. The normalized spacial score (nSPS) is 15.7. The van der Waals surface area contributed by atoms with Crippen LogP contribution >= 0.6 is 11.3 Å². The van der Waals surface area contributed by atoms with E-state index in [0.717, 1.165) is 21.7 Å². The summed E-state index contributed by atoms with van der Waals surface area (Å²) in [6.07, 6.45) is 1.29. The average molecular weight is 648 g/mol. The van der Waals surface area contributed by atoms with Crippen molar-refractivity contribution >= 4 is 29.1 Å². The summed E-state index contributed by atoms with van der Waals surface area (Å²) in [6, 6.07) is 6.63. The molecule has 4 N–H and O–H groups in total. The van der Waals surface area contributed by atoms with Gasteiger partial charge < -0.3 is 40.2 Å². The van der Waals surface area contributed by atoms with Crippen LogP contribution in [0.1, 0.15) is 44.9 Å². The molecule has 2 atom stereocenters. The molecule has 0 saturated carbocycles. The number of carbonyl (C=O) groups is 3. The minimum Gasteiger partial charge on any atom is -0.378 e. The van der Waals surface area contributed by atoms with Crippen molar-refractivity contribution in [2.24, 2.45) is 11.1 Å². The summed E-state index contributed by atoms with van der Waals surface area (Å²) in [5.41, 5.74) is 9.66. The summed E-state index contributed by atoms with van der Waals surface area (Å²) in [6.45, 7) is 11.6. The van der Waals surface area contributed by atoms with Gasteiger partial charge >= 0.3 is 0 Å². The Bertz CT molecular complexity index is 1200. The number of ether oxygens (including phenoxy) is 4. The van der Waals surface area contributed by atoms with Gasteiger partial charge in [0.05, 0.1) is 62.3 Å². The van der Waals surface area contributed by atoms with Gasteiger partial charge in [0.2, 0.25) is 17.7 Å². The summed E-state index contributed by atoms with van der Waals surface area (Å²) in [4.78, 5) is 46.7. The highest BCUT2D eigenvalue weighted by Gasteiger charge is 2.41. The van der Waals surface area contributed by atoms with E-state index < -0.39 is 23.4 Å². The Hall–Kier alpha value is -2.94. The molecule has 0 radical (unpaired) electrons. The van der Waals surface area contributed by atoms with Crippen molar-refractivity contribution in [1.82, 2.24) is 20.5 Å². The van der Waals surface area contributed by atoms with Gasteiger partial charge in [0, 0.05) is 19.6 Å². The van der Waals surface area contributed by atoms with Crippen LogP contribution in [-0.2, 0) is 39.9 Å². The van der Waals surface area contributed by atoms with Gasteiger partial charge in [-0.25, -0.2) is 4.98 Å². The number of amides is 3. The predicted molar refractivity (Wildman–Crippen MR) is 173 cm³/mol. The number of hydrogen-bond donors (Lipinski definition) is 3. The molecule has 2 aromatic rings. The van der Waals surface area contributed by atoms with E-state index in [9.17, 15) is 14.4 Å². The highest BCUT2D eigenvalue weighted by atomic mass is 32.1. The van der Waals surface area contributed by atoms with Crippen molar-refractivity contribution in [3.05, 3.63) is 41.0 Å². The first-order valence-electron chi connectivity index (χ1n) is 15.5. The fourth-order valence-corrected chi connectivity index (χ4v) is 5.70. The minimum atomic E-state index is -0.813. The van der Waals surface area contributed by atoms with Crippen molar-refractivity contribution in [3.63, 3.8) is 0 Å². The molecule has 1 aromatic carbocycles. The zero-order valence-electron chi connectivity index (χ0n) is 27.0. The number of likely N-dealkylation sites (tertiary alicyclic amines) is 1. The largest absolute Gasteiger partial charge is 0.378 e. The Morgan fingerprint density at radius 1 is 1.00 bits per heavy atom. The van der Waals surface area contributed by atoms with Gasteiger partial charge in [-0.1, -0.05) is 45.0 Å². The molecular weight excluding hydrogens is 598 g/mol. The lowest BCUT2D eigenvalue weighted by atomic mass is 9.85. The maximum Gasteiger partial charge on any atom is 0.246 e. The van der Waals surface area contributed by atoms with E-state index in [-0.39, 0.29) is 25.0 Å². The second-order valence-electron chi connectivity index (χ2n) is 11.9. The van der Waals surface area contributed by atoms with Crippen molar-refractivity contribution in [2.75, 3.05) is 65.9 Å². The molecule has 0 unspecified atom stereocenters. The third-order valence-electron chi connectivity index (χ3n) is 7.30. The molecule has 1 aromatic heterocycles. The molecule has 1 aliphatic rings. The van der Waals surface area contributed by atoms with Gasteiger partial charge in [-0.05, 0) is 36.3 Å². The summed E-state index contributed by atoms with van der Waals surface area (Å²) in [7, 11) is 0. The third-order valence-corrected chi connectivity index (χ3v) is 8.27. The Kier molecular flexibility index (Phi) is 15.3. The van der Waals surface area contributed by atoms with E-state index in [0.29, 0.717) is 72.1 Å². The first kappa shape index (κ1) is 36.5. The van der Waals surface area contributed by atoms with E-state index in [1.165, 1.54) is 0 Å². The van der Waals surface area contributed by atoms with E-state index in [1.54, 1.807) is 16.2 Å². The SMILES string of the molecule is Cc1ncsc1-c1ccc(CNC(=O)[C@@H]2CCCN2C(=O)[C@@H](NC(=O)COCCOCCOCCOCCN)C(C)(C)C)cc1. The molecule has 0 aliphatic carbocycles. The average Bonchev–Trinajstić information content (AvgIpc) is 3.68. The summed E-state index contributed by atoms with van der Waals surface area (Å²) >= 11 is 1.60. The number of aryl methyl sites for hydroxylation is 1. The Labute approximate surface area is 270 Å². The van der Waals surface area contributed by atoms with E-state index >= 15 is 0 Å². The van der Waals surface area contributed by atoms with Crippen LogP contribution in [-0.4, -0.2) is 106 Å². The second kappa shape index (κ2) is 18.9. The van der Waals surface area contributed by atoms with Gasteiger partial charge in [0.1, 0.15) is 18.7 Å². The van der Waals surface area contributed by atoms with Gasteiger partial charge in [0.15, 0.2) is 0 Å². The lowest BCUT2D eigenvalue weighted by Gasteiger charge is -2.35. The fraction of sp³-hybridized carbons (Fsp3) is 0.625. The highest BCUT2D eigenvalue weighted by molar-refractivity contribution is 7.13. The van der Waals surface area contributed by atoms with Crippen molar-refractivity contribution < 1.29 is 33.3 Å². The summed E-state index contributed by atoms with van der Waals surface area (Å²) in [5, 5.41) is 5.84. The zero-order chi connectivity index (χ0) is 32.7. The lowest BCUT2D eigenvalue weighted by Crippen LogP contribution is -2.58. The smallest absolute Gasteiger partial charge is 0.246 e. The molecule has 12 nitrogen and oxygen atoms in total. The molecule has 0 bridgehead atoms. The number of rotatable bonds is 19. The Morgan fingerprint density at radius 2 is 1.62 bits per heavy atom. The van der Waals surface area contributed by atoms with E-state index in [1.807, 2.05) is 57.5 Å². The van der Waals surface area contributed by atoms with Crippen molar-refractivity contribution in [1.29, 1.82) is 0 Å². The first-order valence-corrected chi connectivity index (χ1v) is 16.4. The number of thiazole rings is 1. The quantitative estimate of drug-likeness (QED) is 0.195. The number of hydrogen-bond acceptors (Lipinski definition) is 10. The molecule has 1 fully saturated rings. The van der Waals surface area contributed by atoms with E-state index in [4.69, 9.17) is 24.7 Å².